The summed E-state index contributed by atoms with van der Waals surface area (Å²) in [5.41, 5.74) is 3.11. The van der Waals surface area contributed by atoms with E-state index in [2.05, 4.69) is 24.9 Å². The highest BCUT2D eigenvalue weighted by Crippen LogP contribution is 2.21. The predicted octanol–water partition coefficient (Wildman–Crippen LogP) is 2.66. The van der Waals surface area contributed by atoms with E-state index in [0.717, 1.165) is 22.9 Å². The lowest BCUT2D eigenvalue weighted by atomic mass is 10.0. The number of carbonyl (C=O) groups excluding carboxylic acids is 1. The highest BCUT2D eigenvalue weighted by Gasteiger charge is 2.29. The van der Waals surface area contributed by atoms with Crippen molar-refractivity contribution in [2.45, 2.75) is 38.1 Å². The molecule has 3 aromatic rings. The van der Waals surface area contributed by atoms with Crippen molar-refractivity contribution >= 4 is 38.7 Å². The molecule has 29 heavy (non-hydrogen) atoms. The van der Waals surface area contributed by atoms with Gasteiger partial charge >= 0.3 is 0 Å². The zero-order valence-electron chi connectivity index (χ0n) is 16.5. The van der Waals surface area contributed by atoms with Gasteiger partial charge in [-0.2, -0.15) is 13.5 Å². The topological polar surface area (TPSA) is 101 Å². The zero-order chi connectivity index (χ0) is 21.0. The van der Waals surface area contributed by atoms with Crippen LogP contribution in [0.25, 0.3) is 11.0 Å². The van der Waals surface area contributed by atoms with Gasteiger partial charge in [-0.05, 0) is 37.0 Å². The SMILES string of the molecule is Cc1cccc(CCNC(=O)[C@@H](NS(=O)(=O)c2cccc3nsnc23)C(C)C)c1. The molecule has 7 nitrogen and oxygen atoms in total. The molecular weight excluding hydrogens is 408 g/mol. The van der Waals surface area contributed by atoms with E-state index in [4.69, 9.17) is 0 Å². The van der Waals surface area contributed by atoms with Crippen LogP contribution in [0.2, 0.25) is 0 Å². The van der Waals surface area contributed by atoms with Crippen molar-refractivity contribution in [1.82, 2.24) is 18.8 Å². The van der Waals surface area contributed by atoms with E-state index in [1.807, 2.05) is 25.1 Å². The van der Waals surface area contributed by atoms with Gasteiger partial charge in [-0.1, -0.05) is 49.7 Å². The molecule has 0 aliphatic heterocycles. The second-order valence-electron chi connectivity index (χ2n) is 7.26. The van der Waals surface area contributed by atoms with Gasteiger partial charge < -0.3 is 5.32 Å². The lowest BCUT2D eigenvalue weighted by Crippen LogP contribution is -2.50. The average Bonchev–Trinajstić information content (AvgIpc) is 3.14. The van der Waals surface area contributed by atoms with Crippen LogP contribution in [0.4, 0.5) is 0 Å². The Morgan fingerprint density at radius 1 is 1.14 bits per heavy atom. The minimum atomic E-state index is -3.94. The van der Waals surface area contributed by atoms with Crippen molar-refractivity contribution in [3.8, 4) is 0 Å². The number of sulfonamides is 1. The Labute approximate surface area is 174 Å². The molecule has 154 valence electrons. The first kappa shape index (κ1) is 21.4. The van der Waals surface area contributed by atoms with Gasteiger partial charge in [0.25, 0.3) is 0 Å². The maximum atomic E-state index is 12.9. The van der Waals surface area contributed by atoms with Crippen LogP contribution in [0.15, 0.2) is 47.4 Å². The monoisotopic (exact) mass is 432 g/mol. The third kappa shape index (κ3) is 5.17. The summed E-state index contributed by atoms with van der Waals surface area (Å²) in [5, 5.41) is 2.85. The fourth-order valence-electron chi connectivity index (χ4n) is 3.03. The van der Waals surface area contributed by atoms with E-state index in [-0.39, 0.29) is 16.7 Å². The minimum Gasteiger partial charge on any atom is -0.354 e. The minimum absolute atomic E-state index is 0.0296. The Bertz CT molecular complexity index is 1110. The number of rotatable bonds is 8. The summed E-state index contributed by atoms with van der Waals surface area (Å²) < 4.78 is 36.6. The lowest BCUT2D eigenvalue weighted by Gasteiger charge is -2.21. The quantitative estimate of drug-likeness (QED) is 0.570. The van der Waals surface area contributed by atoms with Crippen LogP contribution < -0.4 is 10.0 Å². The summed E-state index contributed by atoms with van der Waals surface area (Å²) in [6.45, 7) is 6.06. The Balaban J connectivity index is 1.70. The van der Waals surface area contributed by atoms with Gasteiger partial charge in [0.1, 0.15) is 22.0 Å². The lowest BCUT2D eigenvalue weighted by molar-refractivity contribution is -0.123. The first-order valence-electron chi connectivity index (χ1n) is 9.35. The van der Waals surface area contributed by atoms with Gasteiger partial charge in [-0.15, -0.1) is 0 Å². The number of aromatic nitrogens is 2. The van der Waals surface area contributed by atoms with Crippen LogP contribution in [0.1, 0.15) is 25.0 Å². The standard InChI is InChI=1S/C20H24N4O3S2/c1-13(2)18(20(25)21-11-10-15-7-4-6-14(3)12-15)24-29(26,27)17-9-5-8-16-19(17)23-28-22-16/h4-9,12-13,18,24H,10-11H2,1-3H3,(H,21,25)/t18-/m0/s1. The van der Waals surface area contributed by atoms with Crippen molar-refractivity contribution in [3.05, 3.63) is 53.6 Å². The molecule has 0 spiro atoms. The van der Waals surface area contributed by atoms with E-state index in [9.17, 15) is 13.2 Å². The largest absolute Gasteiger partial charge is 0.354 e. The number of carbonyl (C=O) groups is 1. The van der Waals surface area contributed by atoms with E-state index in [0.29, 0.717) is 24.0 Å². The second kappa shape index (κ2) is 8.98. The second-order valence-corrected chi connectivity index (χ2v) is 9.47. The van der Waals surface area contributed by atoms with E-state index in [1.165, 1.54) is 6.07 Å². The van der Waals surface area contributed by atoms with E-state index < -0.39 is 16.1 Å². The summed E-state index contributed by atoms with van der Waals surface area (Å²) in [6, 6.07) is 12.0. The number of amides is 1. The molecule has 1 aromatic heterocycles. The number of benzene rings is 2. The molecule has 1 amide bonds. The number of hydrogen-bond acceptors (Lipinski definition) is 6. The summed E-state index contributed by atoms with van der Waals surface area (Å²) in [4.78, 5) is 12.7. The number of hydrogen-bond donors (Lipinski definition) is 2. The van der Waals surface area contributed by atoms with Gasteiger partial charge in [0.15, 0.2) is 0 Å². The Morgan fingerprint density at radius 3 is 2.62 bits per heavy atom. The summed E-state index contributed by atoms with van der Waals surface area (Å²) in [6.07, 6.45) is 0.675. The summed E-state index contributed by atoms with van der Waals surface area (Å²) in [5.74, 6) is -0.573. The van der Waals surface area contributed by atoms with Crippen molar-refractivity contribution in [1.29, 1.82) is 0 Å². The van der Waals surface area contributed by atoms with Crippen LogP contribution in [-0.4, -0.2) is 35.7 Å². The average molecular weight is 433 g/mol. The Kier molecular flexibility index (Phi) is 6.61. The first-order chi connectivity index (χ1) is 13.8. The number of fused-ring (bicyclic) bond motifs is 1. The van der Waals surface area contributed by atoms with Gasteiger partial charge in [-0.25, -0.2) is 8.42 Å². The van der Waals surface area contributed by atoms with Crippen molar-refractivity contribution in [2.75, 3.05) is 6.54 Å². The molecule has 1 atom stereocenters. The van der Waals surface area contributed by atoms with Gasteiger partial charge in [0, 0.05) is 6.54 Å². The maximum Gasteiger partial charge on any atom is 0.243 e. The molecule has 0 bridgehead atoms. The molecule has 3 rings (SSSR count). The fraction of sp³-hybridized carbons (Fsp3) is 0.350. The normalized spacial score (nSPS) is 13.0. The van der Waals surface area contributed by atoms with Gasteiger partial charge in [0.05, 0.1) is 11.7 Å². The van der Waals surface area contributed by atoms with Crippen molar-refractivity contribution in [2.24, 2.45) is 5.92 Å². The van der Waals surface area contributed by atoms with Crippen molar-refractivity contribution in [3.63, 3.8) is 0 Å². The first-order valence-corrected chi connectivity index (χ1v) is 11.6. The maximum absolute atomic E-state index is 12.9. The molecule has 0 aliphatic rings. The smallest absolute Gasteiger partial charge is 0.243 e. The molecule has 1 heterocycles. The molecule has 0 fully saturated rings. The van der Waals surface area contributed by atoms with Crippen LogP contribution in [0.3, 0.4) is 0 Å². The van der Waals surface area contributed by atoms with E-state index in [1.54, 1.807) is 26.0 Å². The molecule has 0 aliphatic carbocycles. The number of nitrogens with one attached hydrogen (secondary N) is 2. The molecule has 0 radical (unpaired) electrons. The van der Waals surface area contributed by atoms with Gasteiger partial charge in [-0.3, -0.25) is 4.79 Å². The number of aryl methyl sites for hydroxylation is 1. The predicted molar refractivity (Wildman–Crippen MR) is 114 cm³/mol. The highest BCUT2D eigenvalue weighted by molar-refractivity contribution is 7.89. The third-order valence-corrected chi connectivity index (χ3v) is 6.58. The fourth-order valence-corrected chi connectivity index (χ4v) is 5.14. The molecular formula is C20H24N4O3S2. The van der Waals surface area contributed by atoms with Crippen LogP contribution in [0, 0.1) is 12.8 Å². The molecule has 2 N–H and O–H groups in total. The molecule has 0 unspecified atom stereocenters. The van der Waals surface area contributed by atoms with Crippen LogP contribution in [-0.2, 0) is 21.2 Å². The molecule has 0 saturated carbocycles. The zero-order valence-corrected chi connectivity index (χ0v) is 18.2. The summed E-state index contributed by atoms with van der Waals surface area (Å²) >= 11 is 0.953. The third-order valence-electron chi connectivity index (χ3n) is 4.57. The number of nitrogens with zero attached hydrogens (tertiary/aromatic N) is 2. The summed E-state index contributed by atoms with van der Waals surface area (Å²) in [7, 11) is -3.94. The Hall–Kier alpha value is -2.36. The highest BCUT2D eigenvalue weighted by atomic mass is 32.2. The van der Waals surface area contributed by atoms with Gasteiger partial charge in [0.2, 0.25) is 15.9 Å². The van der Waals surface area contributed by atoms with Crippen LogP contribution >= 0.6 is 11.7 Å². The molecule has 2 aromatic carbocycles. The molecule has 9 heteroatoms. The van der Waals surface area contributed by atoms with Crippen LogP contribution in [0.5, 0.6) is 0 Å². The van der Waals surface area contributed by atoms with E-state index >= 15 is 0 Å². The van der Waals surface area contributed by atoms with Crippen molar-refractivity contribution < 1.29 is 13.2 Å². The Morgan fingerprint density at radius 2 is 1.90 bits per heavy atom. The molecule has 0 saturated heterocycles.